The lowest BCUT2D eigenvalue weighted by Crippen LogP contribution is -2.31. The van der Waals surface area contributed by atoms with Gasteiger partial charge >= 0.3 is 0 Å². The highest BCUT2D eigenvalue weighted by molar-refractivity contribution is 5.09. The summed E-state index contributed by atoms with van der Waals surface area (Å²) in [6, 6.07) is 0. The Hall–Kier alpha value is -0.340. The monoisotopic (exact) mass is 112 g/mol. The van der Waals surface area contributed by atoms with Gasteiger partial charge < -0.3 is 11.5 Å². The summed E-state index contributed by atoms with van der Waals surface area (Å²) >= 11 is 0. The summed E-state index contributed by atoms with van der Waals surface area (Å²) in [7, 11) is 0. The lowest BCUT2D eigenvalue weighted by atomic mass is 9.82. The number of rotatable bonds is 2. The highest BCUT2D eigenvalue weighted by Crippen LogP contribution is 2.22. The van der Waals surface area contributed by atoms with E-state index in [1.54, 1.807) is 0 Å². The number of hydrogen-bond donors (Lipinski definition) is 2. The molecule has 2 heteroatoms. The van der Waals surface area contributed by atoms with Crippen LogP contribution >= 0.6 is 0 Å². The highest BCUT2D eigenvalue weighted by Gasteiger charge is 2.19. The van der Waals surface area contributed by atoms with Crippen LogP contribution in [0.3, 0.4) is 0 Å². The molecule has 4 N–H and O–H groups in total. The van der Waals surface area contributed by atoms with Crippen LogP contribution in [-0.4, -0.2) is 13.1 Å². The Bertz CT molecular complexity index is 86.7. The smallest absolute Gasteiger partial charge is 0.000802 e. The van der Waals surface area contributed by atoms with Crippen molar-refractivity contribution < 1.29 is 0 Å². The molecule has 0 radical (unpaired) electrons. The van der Waals surface area contributed by atoms with Crippen LogP contribution in [-0.2, 0) is 0 Å². The lowest BCUT2D eigenvalue weighted by Gasteiger charge is -2.26. The molecule has 46 valence electrons. The summed E-state index contributed by atoms with van der Waals surface area (Å²) in [4.78, 5) is 0. The molecule has 0 aliphatic heterocycles. The Labute approximate surface area is 49.5 Å². The number of nitrogens with two attached hydrogens (primary N) is 2. The Morgan fingerprint density at radius 3 is 1.50 bits per heavy atom. The Morgan fingerprint density at radius 2 is 1.38 bits per heavy atom. The molecule has 1 aliphatic carbocycles. The largest absolute Gasteiger partial charge is 0.330 e. The quantitative estimate of drug-likeness (QED) is 0.482. The van der Waals surface area contributed by atoms with Gasteiger partial charge in [0.05, 0.1) is 0 Å². The Balaban J connectivity index is 2.30. The molecule has 8 heavy (non-hydrogen) atoms. The third kappa shape index (κ3) is 0.767. The highest BCUT2D eigenvalue weighted by atomic mass is 14.6. The second kappa shape index (κ2) is 2.29. The molecule has 0 heterocycles. The van der Waals surface area contributed by atoms with E-state index in [0.717, 1.165) is 13.1 Å². The summed E-state index contributed by atoms with van der Waals surface area (Å²) in [5, 5.41) is 0. The lowest BCUT2D eigenvalue weighted by molar-refractivity contribution is 0.443. The van der Waals surface area contributed by atoms with Crippen molar-refractivity contribution in [3.05, 3.63) is 12.2 Å². The first-order valence-corrected chi connectivity index (χ1v) is 2.97. The van der Waals surface area contributed by atoms with E-state index >= 15 is 0 Å². The zero-order valence-corrected chi connectivity index (χ0v) is 4.88. The second-order valence-corrected chi connectivity index (χ2v) is 2.18. The van der Waals surface area contributed by atoms with Gasteiger partial charge in [0.2, 0.25) is 0 Å². The van der Waals surface area contributed by atoms with Crippen molar-refractivity contribution in [2.75, 3.05) is 13.1 Å². The fraction of sp³-hybridized carbons (Fsp3) is 0.667. The molecule has 0 aromatic carbocycles. The molecular formula is C6H12N2. The standard InChI is InChI=1S/C6H12N2/c7-3-5-1-2-6(5)4-8/h1-2,5-6H,3-4,7-8H2. The molecule has 1 rings (SSSR count). The minimum absolute atomic E-state index is 0.569. The molecule has 2 nitrogen and oxygen atoms in total. The van der Waals surface area contributed by atoms with E-state index in [1.807, 2.05) is 0 Å². The minimum atomic E-state index is 0.569. The predicted molar refractivity (Wildman–Crippen MR) is 34.2 cm³/mol. The molecule has 2 atom stereocenters. The molecule has 1 aliphatic rings. The minimum Gasteiger partial charge on any atom is -0.330 e. The summed E-state index contributed by atoms with van der Waals surface area (Å²) in [5.74, 6) is 1.14. The molecule has 0 saturated heterocycles. The van der Waals surface area contributed by atoms with Crippen LogP contribution in [0.25, 0.3) is 0 Å². The number of hydrogen-bond acceptors (Lipinski definition) is 2. The van der Waals surface area contributed by atoms with Gasteiger partial charge in [-0.05, 0) is 24.9 Å². The van der Waals surface area contributed by atoms with Crippen LogP contribution in [0.2, 0.25) is 0 Å². The fourth-order valence-electron chi connectivity index (χ4n) is 0.932. The van der Waals surface area contributed by atoms with Gasteiger partial charge in [0, 0.05) is 0 Å². The molecule has 0 bridgehead atoms. The maximum absolute atomic E-state index is 5.39. The molecule has 0 amide bonds. The third-order valence-corrected chi connectivity index (χ3v) is 1.70. The Morgan fingerprint density at radius 1 is 1.00 bits per heavy atom. The van der Waals surface area contributed by atoms with Crippen LogP contribution in [0.5, 0.6) is 0 Å². The van der Waals surface area contributed by atoms with Crippen molar-refractivity contribution >= 4 is 0 Å². The second-order valence-electron chi connectivity index (χ2n) is 2.18. The fourth-order valence-corrected chi connectivity index (χ4v) is 0.932. The van der Waals surface area contributed by atoms with Crippen LogP contribution in [0.4, 0.5) is 0 Å². The first-order valence-electron chi connectivity index (χ1n) is 2.97. The van der Waals surface area contributed by atoms with Crippen LogP contribution in [0.1, 0.15) is 0 Å². The van der Waals surface area contributed by atoms with Crippen LogP contribution in [0, 0.1) is 11.8 Å². The summed E-state index contributed by atoms with van der Waals surface area (Å²) in [6.07, 6.45) is 4.25. The van der Waals surface area contributed by atoms with Crippen molar-refractivity contribution in [1.82, 2.24) is 0 Å². The van der Waals surface area contributed by atoms with E-state index in [-0.39, 0.29) is 0 Å². The van der Waals surface area contributed by atoms with Crippen LogP contribution in [0.15, 0.2) is 12.2 Å². The van der Waals surface area contributed by atoms with E-state index in [0.29, 0.717) is 11.8 Å². The topological polar surface area (TPSA) is 52.0 Å². The van der Waals surface area contributed by atoms with Gasteiger partial charge in [-0.3, -0.25) is 0 Å². The Kier molecular flexibility index (Phi) is 1.65. The molecular weight excluding hydrogens is 100 g/mol. The maximum Gasteiger partial charge on any atom is -0.000802 e. The van der Waals surface area contributed by atoms with E-state index in [4.69, 9.17) is 11.5 Å². The van der Waals surface area contributed by atoms with E-state index in [1.165, 1.54) is 0 Å². The van der Waals surface area contributed by atoms with Gasteiger partial charge in [0.25, 0.3) is 0 Å². The summed E-state index contributed by atoms with van der Waals surface area (Å²) in [5.41, 5.74) is 10.8. The zero-order valence-electron chi connectivity index (χ0n) is 4.88. The van der Waals surface area contributed by atoms with Crippen molar-refractivity contribution in [1.29, 1.82) is 0 Å². The van der Waals surface area contributed by atoms with Gasteiger partial charge in [-0.25, -0.2) is 0 Å². The molecule has 0 saturated carbocycles. The first kappa shape index (κ1) is 5.79. The van der Waals surface area contributed by atoms with Crippen molar-refractivity contribution in [3.8, 4) is 0 Å². The van der Waals surface area contributed by atoms with Gasteiger partial charge in [-0.1, -0.05) is 12.2 Å². The molecule has 0 fully saturated rings. The van der Waals surface area contributed by atoms with Gasteiger partial charge in [-0.15, -0.1) is 0 Å². The summed E-state index contributed by atoms with van der Waals surface area (Å²) in [6.45, 7) is 1.50. The van der Waals surface area contributed by atoms with Crippen LogP contribution < -0.4 is 11.5 Å². The average molecular weight is 112 g/mol. The van der Waals surface area contributed by atoms with E-state index in [2.05, 4.69) is 12.2 Å². The van der Waals surface area contributed by atoms with E-state index < -0.39 is 0 Å². The molecule has 2 unspecified atom stereocenters. The molecule has 0 spiro atoms. The molecule has 0 aromatic rings. The zero-order chi connectivity index (χ0) is 5.98. The SMILES string of the molecule is NCC1C=CC1CN. The van der Waals surface area contributed by atoms with Gasteiger partial charge in [-0.2, -0.15) is 0 Å². The van der Waals surface area contributed by atoms with Crippen molar-refractivity contribution in [2.45, 2.75) is 0 Å². The van der Waals surface area contributed by atoms with E-state index in [9.17, 15) is 0 Å². The normalized spacial score (nSPS) is 34.8. The summed E-state index contributed by atoms with van der Waals surface area (Å²) < 4.78 is 0. The maximum atomic E-state index is 5.39. The van der Waals surface area contributed by atoms with Crippen molar-refractivity contribution in [2.24, 2.45) is 23.3 Å². The van der Waals surface area contributed by atoms with Crippen molar-refractivity contribution in [3.63, 3.8) is 0 Å². The molecule has 0 aromatic heterocycles. The third-order valence-electron chi connectivity index (χ3n) is 1.70. The van der Waals surface area contributed by atoms with Gasteiger partial charge in [0.15, 0.2) is 0 Å². The first-order chi connectivity index (χ1) is 3.88. The average Bonchev–Trinajstić information content (AvgIpc) is 1.66. The predicted octanol–water partition coefficient (Wildman–Crippen LogP) is -0.294. The van der Waals surface area contributed by atoms with Gasteiger partial charge in [0.1, 0.15) is 0 Å².